The molecule has 1 aromatic carbocycles. The second kappa shape index (κ2) is 6.10. The summed E-state index contributed by atoms with van der Waals surface area (Å²) in [5.41, 5.74) is 0.979. The maximum atomic E-state index is 11.8. The van der Waals surface area contributed by atoms with Crippen LogP contribution in [0.15, 0.2) is 29.3 Å². The van der Waals surface area contributed by atoms with Gasteiger partial charge in [0.2, 0.25) is 12.0 Å². The smallest absolute Gasteiger partial charge is 0.240 e. The molecule has 1 aliphatic rings. The molecule has 0 atom stereocenters. The molecule has 0 aliphatic carbocycles. The minimum absolute atomic E-state index is 0.0783. The molecule has 1 saturated heterocycles. The molecule has 5 nitrogen and oxygen atoms in total. The van der Waals surface area contributed by atoms with E-state index in [1.807, 2.05) is 0 Å². The summed E-state index contributed by atoms with van der Waals surface area (Å²) < 4.78 is 0. The molecule has 94 valence electrons. The molecule has 1 heterocycles. The highest BCUT2D eigenvalue weighted by molar-refractivity contribution is 5.95. The van der Waals surface area contributed by atoms with Crippen molar-refractivity contribution in [2.45, 2.75) is 12.8 Å². The van der Waals surface area contributed by atoms with Crippen LogP contribution in [0.5, 0.6) is 0 Å². The number of nitrogens with zero attached hydrogens (tertiary/aromatic N) is 2. The van der Waals surface area contributed by atoms with Crippen molar-refractivity contribution in [3.05, 3.63) is 24.3 Å². The number of anilines is 1. The van der Waals surface area contributed by atoms with Crippen LogP contribution in [0.2, 0.25) is 0 Å². The summed E-state index contributed by atoms with van der Waals surface area (Å²) in [6.07, 6.45) is 3.79. The number of benzene rings is 1. The third-order valence-corrected chi connectivity index (χ3v) is 2.91. The van der Waals surface area contributed by atoms with Gasteiger partial charge in [0.05, 0.1) is 17.9 Å². The van der Waals surface area contributed by atoms with E-state index in [1.54, 1.807) is 24.3 Å². The van der Waals surface area contributed by atoms with Crippen LogP contribution < -0.4 is 5.32 Å². The number of likely N-dealkylation sites (tertiary alicyclic amines) is 1. The molecule has 5 heteroatoms. The van der Waals surface area contributed by atoms with Gasteiger partial charge in [0.25, 0.3) is 0 Å². The van der Waals surface area contributed by atoms with Gasteiger partial charge in [0.15, 0.2) is 0 Å². The summed E-state index contributed by atoms with van der Waals surface area (Å²) in [6, 6.07) is 6.93. The van der Waals surface area contributed by atoms with Crippen LogP contribution >= 0.6 is 0 Å². The zero-order valence-corrected chi connectivity index (χ0v) is 10.1. The Hall–Kier alpha value is -1.97. The second-order valence-electron chi connectivity index (χ2n) is 4.25. The van der Waals surface area contributed by atoms with Crippen LogP contribution in [0.25, 0.3) is 0 Å². The fourth-order valence-electron chi connectivity index (χ4n) is 2.06. The average Bonchev–Trinajstić information content (AvgIpc) is 2.84. The normalized spacial score (nSPS) is 15.1. The van der Waals surface area contributed by atoms with Crippen molar-refractivity contribution in [2.24, 2.45) is 4.99 Å². The van der Waals surface area contributed by atoms with E-state index in [0.717, 1.165) is 25.9 Å². The molecule has 1 amide bonds. The summed E-state index contributed by atoms with van der Waals surface area (Å²) in [5, 5.41) is 2.77. The number of isocyanates is 1. The van der Waals surface area contributed by atoms with Gasteiger partial charge in [-0.1, -0.05) is 12.1 Å². The number of hydrogen-bond acceptors (Lipinski definition) is 4. The molecular weight excluding hydrogens is 230 g/mol. The first-order valence-electron chi connectivity index (χ1n) is 5.99. The number of nitrogens with one attached hydrogen (secondary N) is 1. The molecule has 2 rings (SSSR count). The Balaban J connectivity index is 1.99. The highest BCUT2D eigenvalue weighted by Gasteiger charge is 2.15. The lowest BCUT2D eigenvalue weighted by Crippen LogP contribution is -2.30. The predicted octanol–water partition coefficient (Wildman–Crippen LogP) is 1.69. The van der Waals surface area contributed by atoms with Gasteiger partial charge in [-0.05, 0) is 38.1 Å². The predicted molar refractivity (Wildman–Crippen MR) is 68.5 cm³/mol. The van der Waals surface area contributed by atoms with E-state index in [2.05, 4.69) is 15.2 Å². The van der Waals surface area contributed by atoms with Crippen molar-refractivity contribution in [1.82, 2.24) is 4.90 Å². The largest absolute Gasteiger partial charge is 0.323 e. The zero-order chi connectivity index (χ0) is 12.8. The summed E-state index contributed by atoms with van der Waals surface area (Å²) in [7, 11) is 0. The van der Waals surface area contributed by atoms with Gasteiger partial charge in [0.1, 0.15) is 0 Å². The van der Waals surface area contributed by atoms with E-state index in [1.165, 1.54) is 6.08 Å². The van der Waals surface area contributed by atoms with E-state index < -0.39 is 0 Å². The van der Waals surface area contributed by atoms with Gasteiger partial charge < -0.3 is 5.32 Å². The number of carbonyl (C=O) groups excluding carboxylic acids is 2. The Morgan fingerprint density at radius 2 is 2.06 bits per heavy atom. The van der Waals surface area contributed by atoms with Gasteiger partial charge in [-0.25, -0.2) is 4.79 Å². The summed E-state index contributed by atoms with van der Waals surface area (Å²) in [6.45, 7) is 2.34. The van der Waals surface area contributed by atoms with Gasteiger partial charge in [-0.2, -0.15) is 4.99 Å². The fourth-order valence-corrected chi connectivity index (χ4v) is 2.06. The van der Waals surface area contributed by atoms with Crippen LogP contribution in [-0.4, -0.2) is 36.5 Å². The zero-order valence-electron chi connectivity index (χ0n) is 10.1. The third kappa shape index (κ3) is 3.26. The molecule has 18 heavy (non-hydrogen) atoms. The van der Waals surface area contributed by atoms with E-state index in [9.17, 15) is 9.59 Å². The van der Waals surface area contributed by atoms with Gasteiger partial charge in [-0.15, -0.1) is 0 Å². The molecule has 0 bridgehead atoms. The van der Waals surface area contributed by atoms with Crippen LogP contribution in [0.3, 0.4) is 0 Å². The lowest BCUT2D eigenvalue weighted by atomic mass is 10.2. The molecule has 1 N–H and O–H groups in total. The molecule has 1 aliphatic heterocycles. The Labute approximate surface area is 106 Å². The molecule has 1 aromatic rings. The van der Waals surface area contributed by atoms with Crippen molar-refractivity contribution in [3.8, 4) is 0 Å². The number of carbonyl (C=O) groups is 1. The Morgan fingerprint density at radius 1 is 1.33 bits per heavy atom. The fraction of sp³-hybridized carbons (Fsp3) is 0.385. The van der Waals surface area contributed by atoms with Crippen molar-refractivity contribution >= 4 is 23.4 Å². The van der Waals surface area contributed by atoms with Crippen LogP contribution in [0.1, 0.15) is 12.8 Å². The first kappa shape index (κ1) is 12.5. The lowest BCUT2D eigenvalue weighted by Gasteiger charge is -2.14. The minimum atomic E-state index is -0.0783. The van der Waals surface area contributed by atoms with E-state index in [-0.39, 0.29) is 5.91 Å². The van der Waals surface area contributed by atoms with Crippen LogP contribution in [0.4, 0.5) is 11.4 Å². The lowest BCUT2D eigenvalue weighted by molar-refractivity contribution is -0.117. The Morgan fingerprint density at radius 3 is 2.78 bits per heavy atom. The molecule has 0 saturated carbocycles. The van der Waals surface area contributed by atoms with E-state index >= 15 is 0 Å². The monoisotopic (exact) mass is 245 g/mol. The highest BCUT2D eigenvalue weighted by atomic mass is 16.2. The maximum absolute atomic E-state index is 11.8. The molecular formula is C13H15N3O2. The molecule has 0 radical (unpaired) electrons. The Kier molecular flexibility index (Phi) is 4.23. The first-order valence-corrected chi connectivity index (χ1v) is 5.99. The van der Waals surface area contributed by atoms with E-state index in [4.69, 9.17) is 0 Å². The number of rotatable bonds is 4. The standard InChI is InChI=1S/C13H15N3O2/c17-10-14-11-5-1-2-6-12(11)15-13(18)9-16-7-3-4-8-16/h1-2,5-6H,3-4,7-9H2,(H,15,18). The van der Waals surface area contributed by atoms with E-state index in [0.29, 0.717) is 17.9 Å². The molecule has 0 unspecified atom stereocenters. The summed E-state index contributed by atoms with van der Waals surface area (Å²) in [4.78, 5) is 27.8. The third-order valence-electron chi connectivity index (χ3n) is 2.91. The molecule has 0 aromatic heterocycles. The first-order chi connectivity index (χ1) is 8.79. The maximum Gasteiger partial charge on any atom is 0.240 e. The number of hydrogen-bond donors (Lipinski definition) is 1. The van der Waals surface area contributed by atoms with Crippen molar-refractivity contribution in [1.29, 1.82) is 0 Å². The van der Waals surface area contributed by atoms with Crippen molar-refractivity contribution < 1.29 is 9.59 Å². The second-order valence-corrected chi connectivity index (χ2v) is 4.25. The number of para-hydroxylation sites is 2. The Bertz CT molecular complexity index is 475. The molecule has 1 fully saturated rings. The number of aliphatic imine (C=N–C) groups is 1. The van der Waals surface area contributed by atoms with Gasteiger partial charge >= 0.3 is 0 Å². The summed E-state index contributed by atoms with van der Waals surface area (Å²) >= 11 is 0. The summed E-state index contributed by atoms with van der Waals surface area (Å²) in [5.74, 6) is -0.0783. The van der Waals surface area contributed by atoms with Crippen molar-refractivity contribution in [3.63, 3.8) is 0 Å². The van der Waals surface area contributed by atoms with Gasteiger partial charge in [-0.3, -0.25) is 9.69 Å². The average molecular weight is 245 g/mol. The topological polar surface area (TPSA) is 61.8 Å². The van der Waals surface area contributed by atoms with Crippen LogP contribution in [0, 0.1) is 0 Å². The quantitative estimate of drug-likeness (QED) is 0.648. The van der Waals surface area contributed by atoms with Crippen molar-refractivity contribution in [2.75, 3.05) is 25.0 Å². The SMILES string of the molecule is O=C=Nc1ccccc1NC(=O)CN1CCCC1. The highest BCUT2D eigenvalue weighted by Crippen LogP contribution is 2.23. The van der Waals surface area contributed by atoms with Crippen LogP contribution in [-0.2, 0) is 9.59 Å². The molecule has 0 spiro atoms. The number of amides is 1. The minimum Gasteiger partial charge on any atom is -0.323 e. The van der Waals surface area contributed by atoms with Gasteiger partial charge in [0, 0.05) is 0 Å².